The van der Waals surface area contributed by atoms with E-state index >= 15 is 0 Å². The van der Waals surface area contributed by atoms with Gasteiger partial charge in [0.25, 0.3) is 0 Å². The van der Waals surface area contributed by atoms with Crippen LogP contribution in [0.15, 0.2) is 16.8 Å². The highest BCUT2D eigenvalue weighted by Gasteiger charge is 2.35. The smallest absolute Gasteiger partial charge is 0.228 e. The molecule has 0 aromatic carbocycles. The van der Waals surface area contributed by atoms with Gasteiger partial charge >= 0.3 is 0 Å². The Balaban J connectivity index is 1.54. The first kappa shape index (κ1) is 15.0. The molecule has 2 saturated heterocycles. The summed E-state index contributed by atoms with van der Waals surface area (Å²) in [6.07, 6.45) is 0.964. The van der Waals surface area contributed by atoms with Crippen molar-refractivity contribution in [1.82, 2.24) is 9.80 Å². The number of hydrogen-bond acceptors (Lipinski definition) is 4. The van der Waals surface area contributed by atoms with E-state index in [1.807, 2.05) is 11.8 Å². The van der Waals surface area contributed by atoms with E-state index < -0.39 is 0 Å². The zero-order valence-corrected chi connectivity index (χ0v) is 13.6. The molecule has 0 spiro atoms. The molecule has 2 aliphatic rings. The Morgan fingerprint density at radius 3 is 2.71 bits per heavy atom. The van der Waals surface area contributed by atoms with Crippen LogP contribution in [0.3, 0.4) is 0 Å². The summed E-state index contributed by atoms with van der Waals surface area (Å²) in [5.74, 6) is 0.369. The van der Waals surface area contributed by atoms with Crippen molar-refractivity contribution in [2.24, 2.45) is 5.92 Å². The van der Waals surface area contributed by atoms with Crippen molar-refractivity contribution in [2.45, 2.75) is 32.4 Å². The Morgan fingerprint density at radius 2 is 2.14 bits per heavy atom. The molecule has 1 aromatic heterocycles. The average Bonchev–Trinajstić information content (AvgIpc) is 3.17. The number of thiophene rings is 1. The number of carbonyl (C=O) groups excluding carboxylic acids is 1. The quantitative estimate of drug-likeness (QED) is 0.859. The van der Waals surface area contributed by atoms with E-state index in [1.165, 1.54) is 5.56 Å². The summed E-state index contributed by atoms with van der Waals surface area (Å²) >= 11 is 1.75. The SMILES string of the molecule is C[C@@H]1OCC[C@@H]1C(=O)N1CCN([C@@H](C)c2ccsc2)CC1. The molecule has 1 aromatic rings. The van der Waals surface area contributed by atoms with Crippen molar-refractivity contribution in [3.8, 4) is 0 Å². The standard InChI is InChI=1S/C16H24N2O2S/c1-12(14-4-10-21-11-14)17-5-7-18(8-6-17)16(19)15-3-9-20-13(15)2/h4,10-13,15H,3,5-9H2,1-2H3/t12-,13-,15-/m0/s1. The molecule has 4 nitrogen and oxygen atoms in total. The van der Waals surface area contributed by atoms with E-state index in [2.05, 4.69) is 28.7 Å². The van der Waals surface area contributed by atoms with Crippen molar-refractivity contribution < 1.29 is 9.53 Å². The first-order chi connectivity index (χ1) is 10.2. The third kappa shape index (κ3) is 3.15. The van der Waals surface area contributed by atoms with E-state index in [0.29, 0.717) is 11.9 Å². The van der Waals surface area contributed by atoms with Gasteiger partial charge in [-0.3, -0.25) is 9.69 Å². The molecule has 0 radical (unpaired) electrons. The molecule has 21 heavy (non-hydrogen) atoms. The first-order valence-corrected chi connectivity index (χ1v) is 8.77. The Morgan fingerprint density at radius 1 is 1.38 bits per heavy atom. The molecule has 0 saturated carbocycles. The van der Waals surface area contributed by atoms with Gasteiger partial charge in [-0.05, 0) is 42.7 Å². The van der Waals surface area contributed by atoms with Crippen LogP contribution in [-0.2, 0) is 9.53 Å². The number of rotatable bonds is 3. The lowest BCUT2D eigenvalue weighted by Gasteiger charge is -2.39. The molecule has 0 N–H and O–H groups in total. The van der Waals surface area contributed by atoms with Crippen molar-refractivity contribution in [3.05, 3.63) is 22.4 Å². The third-order valence-corrected chi connectivity index (χ3v) is 5.59. The van der Waals surface area contributed by atoms with Gasteiger partial charge in [-0.25, -0.2) is 0 Å². The van der Waals surface area contributed by atoms with Gasteiger partial charge in [0.05, 0.1) is 12.0 Å². The number of nitrogens with zero attached hydrogens (tertiary/aromatic N) is 2. The topological polar surface area (TPSA) is 32.8 Å². The lowest BCUT2D eigenvalue weighted by Crippen LogP contribution is -2.51. The lowest BCUT2D eigenvalue weighted by molar-refractivity contribution is -0.139. The van der Waals surface area contributed by atoms with E-state index in [-0.39, 0.29) is 12.0 Å². The second-order valence-electron chi connectivity index (χ2n) is 6.06. The monoisotopic (exact) mass is 308 g/mol. The second kappa shape index (κ2) is 6.46. The van der Waals surface area contributed by atoms with Crippen LogP contribution in [-0.4, -0.2) is 54.6 Å². The number of piperazine rings is 1. The first-order valence-electron chi connectivity index (χ1n) is 7.83. The maximum Gasteiger partial charge on any atom is 0.228 e. The van der Waals surface area contributed by atoms with Crippen LogP contribution < -0.4 is 0 Å². The Kier molecular flexibility index (Phi) is 4.62. The van der Waals surface area contributed by atoms with Crippen molar-refractivity contribution in [1.29, 1.82) is 0 Å². The number of ether oxygens (including phenoxy) is 1. The Bertz CT molecular complexity index is 469. The molecular weight excluding hydrogens is 284 g/mol. The predicted molar refractivity (Wildman–Crippen MR) is 84.4 cm³/mol. The molecule has 2 fully saturated rings. The van der Waals surface area contributed by atoms with Crippen LogP contribution in [0.1, 0.15) is 31.9 Å². The van der Waals surface area contributed by atoms with Crippen molar-refractivity contribution in [3.63, 3.8) is 0 Å². The Hall–Kier alpha value is -0.910. The molecule has 116 valence electrons. The van der Waals surface area contributed by atoms with Gasteiger partial charge in [0.1, 0.15) is 0 Å². The highest BCUT2D eigenvalue weighted by molar-refractivity contribution is 7.07. The predicted octanol–water partition coefficient (Wildman–Crippen LogP) is 2.38. The summed E-state index contributed by atoms with van der Waals surface area (Å²) in [4.78, 5) is 17.1. The maximum atomic E-state index is 12.5. The highest BCUT2D eigenvalue weighted by atomic mass is 32.1. The van der Waals surface area contributed by atoms with E-state index in [4.69, 9.17) is 4.74 Å². The van der Waals surface area contributed by atoms with Crippen LogP contribution in [0.2, 0.25) is 0 Å². The molecule has 3 atom stereocenters. The average molecular weight is 308 g/mol. The zero-order valence-electron chi connectivity index (χ0n) is 12.8. The summed E-state index contributed by atoms with van der Waals surface area (Å²) in [6, 6.07) is 2.65. The lowest BCUT2D eigenvalue weighted by atomic mass is 10.0. The van der Waals surface area contributed by atoms with Gasteiger partial charge in [0, 0.05) is 38.8 Å². The Labute approximate surface area is 130 Å². The zero-order chi connectivity index (χ0) is 14.8. The van der Waals surface area contributed by atoms with Crippen LogP contribution in [0.4, 0.5) is 0 Å². The molecule has 0 bridgehead atoms. The minimum absolute atomic E-state index is 0.0749. The van der Waals surface area contributed by atoms with Crippen LogP contribution in [0.5, 0.6) is 0 Å². The number of amides is 1. The van der Waals surface area contributed by atoms with E-state index in [9.17, 15) is 4.79 Å². The van der Waals surface area contributed by atoms with Gasteiger partial charge in [0.2, 0.25) is 5.91 Å². The van der Waals surface area contributed by atoms with Crippen molar-refractivity contribution in [2.75, 3.05) is 32.8 Å². The van der Waals surface area contributed by atoms with E-state index in [0.717, 1.165) is 39.2 Å². The highest BCUT2D eigenvalue weighted by Crippen LogP contribution is 2.26. The van der Waals surface area contributed by atoms with E-state index in [1.54, 1.807) is 11.3 Å². The fourth-order valence-corrected chi connectivity index (χ4v) is 4.09. The molecule has 3 rings (SSSR count). The minimum atomic E-state index is 0.0749. The summed E-state index contributed by atoms with van der Waals surface area (Å²) < 4.78 is 5.53. The minimum Gasteiger partial charge on any atom is -0.378 e. The summed E-state index contributed by atoms with van der Waals surface area (Å²) in [6.45, 7) is 8.62. The van der Waals surface area contributed by atoms with Gasteiger partial charge in [-0.15, -0.1) is 0 Å². The fraction of sp³-hybridized carbons (Fsp3) is 0.688. The molecular formula is C16H24N2O2S. The fourth-order valence-electron chi connectivity index (χ4n) is 3.34. The third-order valence-electron chi connectivity index (χ3n) is 4.89. The largest absolute Gasteiger partial charge is 0.378 e. The van der Waals surface area contributed by atoms with Gasteiger partial charge in [-0.1, -0.05) is 0 Å². The molecule has 1 amide bonds. The number of carbonyl (C=O) groups is 1. The summed E-state index contributed by atoms with van der Waals surface area (Å²) in [5.41, 5.74) is 1.39. The van der Waals surface area contributed by atoms with Crippen molar-refractivity contribution >= 4 is 17.2 Å². The second-order valence-corrected chi connectivity index (χ2v) is 6.85. The summed E-state index contributed by atoms with van der Waals surface area (Å²) in [5, 5.41) is 4.35. The van der Waals surface area contributed by atoms with Gasteiger partial charge < -0.3 is 9.64 Å². The molecule has 2 aliphatic heterocycles. The van der Waals surface area contributed by atoms with Crippen LogP contribution in [0, 0.1) is 5.92 Å². The maximum absolute atomic E-state index is 12.5. The molecule has 0 unspecified atom stereocenters. The number of hydrogen-bond donors (Lipinski definition) is 0. The molecule has 5 heteroatoms. The van der Waals surface area contributed by atoms with Gasteiger partial charge in [0.15, 0.2) is 0 Å². The van der Waals surface area contributed by atoms with Crippen LogP contribution in [0.25, 0.3) is 0 Å². The molecule has 3 heterocycles. The summed E-state index contributed by atoms with van der Waals surface area (Å²) in [7, 11) is 0. The normalized spacial score (nSPS) is 28.8. The van der Waals surface area contributed by atoms with Crippen LogP contribution >= 0.6 is 11.3 Å². The van der Waals surface area contributed by atoms with Gasteiger partial charge in [-0.2, -0.15) is 11.3 Å². The molecule has 0 aliphatic carbocycles.